The van der Waals surface area contributed by atoms with E-state index in [-0.39, 0.29) is 21.5 Å². The molecule has 108 valence electrons. The predicted molar refractivity (Wildman–Crippen MR) is 76.4 cm³/mol. The van der Waals surface area contributed by atoms with Crippen molar-refractivity contribution in [3.05, 3.63) is 40.9 Å². The first-order valence-corrected chi connectivity index (χ1v) is 7.85. The molecule has 1 amide bonds. The fourth-order valence-electron chi connectivity index (χ4n) is 1.36. The number of amides is 1. The molecule has 0 saturated carbocycles. The molecule has 1 aromatic carbocycles. The average molecular weight is 362 g/mol. The molecule has 0 atom stereocenters. The molecule has 0 unspecified atom stereocenters. The number of aromatic carboxylic acids is 1. The molecule has 0 fully saturated rings. The van der Waals surface area contributed by atoms with E-state index in [0.29, 0.717) is 0 Å². The SMILES string of the molecule is C=CCNC(=O)CS(=O)(=O)c1cc(C(=O)O)ccc1Br. The van der Waals surface area contributed by atoms with Gasteiger partial charge in [0.2, 0.25) is 5.91 Å². The van der Waals surface area contributed by atoms with E-state index < -0.39 is 27.5 Å². The second-order valence-electron chi connectivity index (χ2n) is 3.80. The van der Waals surface area contributed by atoms with Crippen LogP contribution in [0.1, 0.15) is 10.4 Å². The number of halogens is 1. The van der Waals surface area contributed by atoms with Gasteiger partial charge in [-0.1, -0.05) is 6.08 Å². The van der Waals surface area contributed by atoms with Crippen LogP contribution >= 0.6 is 15.9 Å². The van der Waals surface area contributed by atoms with Crippen molar-refractivity contribution in [1.29, 1.82) is 0 Å². The molecular weight excluding hydrogens is 350 g/mol. The summed E-state index contributed by atoms with van der Waals surface area (Å²) in [6.45, 7) is 3.55. The molecule has 2 N–H and O–H groups in total. The zero-order valence-electron chi connectivity index (χ0n) is 10.3. The van der Waals surface area contributed by atoms with Crippen LogP contribution in [0.15, 0.2) is 40.2 Å². The van der Waals surface area contributed by atoms with Crippen LogP contribution in [0.5, 0.6) is 0 Å². The summed E-state index contributed by atoms with van der Waals surface area (Å²) in [5, 5.41) is 11.2. The Morgan fingerprint density at radius 1 is 1.40 bits per heavy atom. The van der Waals surface area contributed by atoms with Crippen molar-refractivity contribution in [3.63, 3.8) is 0 Å². The van der Waals surface area contributed by atoms with E-state index in [1.54, 1.807) is 0 Å². The third kappa shape index (κ3) is 4.17. The molecule has 0 saturated heterocycles. The molecule has 6 nitrogen and oxygen atoms in total. The standard InChI is InChI=1S/C12H12BrNO5S/c1-2-5-14-11(15)7-20(18,19)10-6-8(12(16)17)3-4-9(10)13/h2-4,6H,1,5,7H2,(H,14,15)(H,16,17). The second kappa shape index (κ2) is 6.67. The number of hydrogen-bond acceptors (Lipinski definition) is 4. The third-order valence-electron chi connectivity index (χ3n) is 2.28. The van der Waals surface area contributed by atoms with Crippen LogP contribution in [0.4, 0.5) is 0 Å². The zero-order chi connectivity index (χ0) is 15.3. The van der Waals surface area contributed by atoms with E-state index in [9.17, 15) is 18.0 Å². The first kappa shape index (κ1) is 16.4. The molecule has 0 heterocycles. The minimum Gasteiger partial charge on any atom is -0.478 e. The number of carboxylic acid groups (broad SMARTS) is 1. The molecule has 1 rings (SSSR count). The summed E-state index contributed by atoms with van der Waals surface area (Å²) >= 11 is 3.04. The number of carbonyl (C=O) groups is 2. The van der Waals surface area contributed by atoms with Gasteiger partial charge in [-0.3, -0.25) is 4.79 Å². The van der Waals surface area contributed by atoms with Crippen molar-refractivity contribution in [2.75, 3.05) is 12.3 Å². The number of benzene rings is 1. The van der Waals surface area contributed by atoms with E-state index in [2.05, 4.69) is 27.8 Å². The highest BCUT2D eigenvalue weighted by Gasteiger charge is 2.23. The highest BCUT2D eigenvalue weighted by molar-refractivity contribution is 9.10. The topological polar surface area (TPSA) is 101 Å². The monoisotopic (exact) mass is 361 g/mol. The maximum atomic E-state index is 12.1. The van der Waals surface area contributed by atoms with Crippen LogP contribution in [0.3, 0.4) is 0 Å². The summed E-state index contributed by atoms with van der Waals surface area (Å²) < 4.78 is 24.4. The van der Waals surface area contributed by atoms with Crippen molar-refractivity contribution in [2.24, 2.45) is 0 Å². The summed E-state index contributed by atoms with van der Waals surface area (Å²) in [5.74, 6) is -2.69. The fourth-order valence-corrected chi connectivity index (χ4v) is 3.62. The van der Waals surface area contributed by atoms with Gasteiger partial charge in [0, 0.05) is 11.0 Å². The van der Waals surface area contributed by atoms with Crippen LogP contribution in [0.25, 0.3) is 0 Å². The Labute approximate surface area is 124 Å². The highest BCUT2D eigenvalue weighted by Crippen LogP contribution is 2.24. The van der Waals surface area contributed by atoms with E-state index in [4.69, 9.17) is 5.11 Å². The Kier molecular flexibility index (Phi) is 5.46. The van der Waals surface area contributed by atoms with Gasteiger partial charge in [0.1, 0.15) is 5.75 Å². The predicted octanol–water partition coefficient (Wildman–Crippen LogP) is 1.22. The molecule has 0 aromatic heterocycles. The van der Waals surface area contributed by atoms with Gasteiger partial charge in [-0.2, -0.15) is 0 Å². The number of sulfone groups is 1. The van der Waals surface area contributed by atoms with Gasteiger partial charge in [0.15, 0.2) is 9.84 Å². The minimum absolute atomic E-state index is 0.157. The van der Waals surface area contributed by atoms with Crippen LogP contribution in [0, 0.1) is 0 Å². The largest absolute Gasteiger partial charge is 0.478 e. The van der Waals surface area contributed by atoms with E-state index >= 15 is 0 Å². The van der Waals surface area contributed by atoms with Gasteiger partial charge in [-0.15, -0.1) is 6.58 Å². The van der Waals surface area contributed by atoms with Crippen molar-refractivity contribution in [2.45, 2.75) is 4.90 Å². The van der Waals surface area contributed by atoms with Gasteiger partial charge in [0.25, 0.3) is 0 Å². The zero-order valence-corrected chi connectivity index (χ0v) is 12.7. The first-order chi connectivity index (χ1) is 9.27. The van der Waals surface area contributed by atoms with E-state index in [1.165, 1.54) is 18.2 Å². The number of hydrogen-bond donors (Lipinski definition) is 2. The molecular formula is C12H12BrNO5S. The van der Waals surface area contributed by atoms with Crippen molar-refractivity contribution >= 4 is 37.6 Å². The van der Waals surface area contributed by atoms with Gasteiger partial charge in [-0.25, -0.2) is 13.2 Å². The summed E-state index contributed by atoms with van der Waals surface area (Å²) in [4.78, 5) is 22.1. The molecule has 0 aliphatic heterocycles. The molecule has 1 aromatic rings. The Morgan fingerprint density at radius 3 is 2.60 bits per heavy atom. The second-order valence-corrected chi connectivity index (χ2v) is 6.61. The Morgan fingerprint density at radius 2 is 2.05 bits per heavy atom. The quantitative estimate of drug-likeness (QED) is 0.742. The van der Waals surface area contributed by atoms with E-state index in [0.717, 1.165) is 6.07 Å². The van der Waals surface area contributed by atoms with Crippen LogP contribution in [-0.4, -0.2) is 37.7 Å². The van der Waals surface area contributed by atoms with Gasteiger partial charge < -0.3 is 10.4 Å². The van der Waals surface area contributed by atoms with Gasteiger partial charge in [0.05, 0.1) is 10.5 Å². The molecule has 8 heteroatoms. The Bertz CT molecular complexity index is 654. The number of carbonyl (C=O) groups excluding carboxylic acids is 1. The molecule has 20 heavy (non-hydrogen) atoms. The lowest BCUT2D eigenvalue weighted by atomic mass is 10.2. The van der Waals surface area contributed by atoms with Gasteiger partial charge >= 0.3 is 5.97 Å². The molecule has 0 bridgehead atoms. The summed E-state index contributed by atoms with van der Waals surface area (Å²) in [5.41, 5.74) is -0.168. The average Bonchev–Trinajstić information content (AvgIpc) is 2.35. The lowest BCUT2D eigenvalue weighted by Gasteiger charge is -2.08. The van der Waals surface area contributed by atoms with Crippen LogP contribution in [0.2, 0.25) is 0 Å². The van der Waals surface area contributed by atoms with Crippen LogP contribution in [-0.2, 0) is 14.6 Å². The number of carboxylic acids is 1. The summed E-state index contributed by atoms with van der Waals surface area (Å²) in [6.07, 6.45) is 1.42. The lowest BCUT2D eigenvalue weighted by Crippen LogP contribution is -2.30. The fraction of sp³-hybridized carbons (Fsp3) is 0.167. The summed E-state index contributed by atoms with van der Waals surface area (Å²) in [6, 6.07) is 3.60. The van der Waals surface area contributed by atoms with Crippen LogP contribution < -0.4 is 5.32 Å². The summed E-state index contributed by atoms with van der Waals surface area (Å²) in [7, 11) is -3.93. The first-order valence-electron chi connectivity index (χ1n) is 5.41. The lowest BCUT2D eigenvalue weighted by molar-refractivity contribution is -0.118. The van der Waals surface area contributed by atoms with Crippen molar-refractivity contribution < 1.29 is 23.1 Å². The third-order valence-corrected chi connectivity index (χ3v) is 4.88. The maximum Gasteiger partial charge on any atom is 0.335 e. The Hall–Kier alpha value is -1.67. The van der Waals surface area contributed by atoms with Gasteiger partial charge in [-0.05, 0) is 34.1 Å². The number of rotatable bonds is 6. The van der Waals surface area contributed by atoms with Crippen molar-refractivity contribution in [1.82, 2.24) is 5.32 Å². The highest BCUT2D eigenvalue weighted by atomic mass is 79.9. The normalized spacial score (nSPS) is 10.8. The minimum atomic E-state index is -3.93. The molecule has 0 spiro atoms. The molecule has 0 radical (unpaired) electrons. The molecule has 0 aliphatic carbocycles. The number of nitrogens with one attached hydrogen (secondary N) is 1. The molecule has 0 aliphatic rings. The smallest absolute Gasteiger partial charge is 0.335 e. The Balaban J connectivity index is 3.09. The van der Waals surface area contributed by atoms with Crippen molar-refractivity contribution in [3.8, 4) is 0 Å². The maximum absolute atomic E-state index is 12.1. The van der Waals surface area contributed by atoms with E-state index in [1.807, 2.05) is 0 Å².